The fourth-order valence-electron chi connectivity index (χ4n) is 4.26. The Morgan fingerprint density at radius 1 is 1.20 bits per heavy atom. The van der Waals surface area contributed by atoms with E-state index in [4.69, 9.17) is 0 Å². The summed E-state index contributed by atoms with van der Waals surface area (Å²) in [5.74, 6) is 0.982. The van der Waals surface area contributed by atoms with Crippen LogP contribution in [-0.4, -0.2) is 49.1 Å². The lowest BCUT2D eigenvalue weighted by atomic mass is 9.85. The summed E-state index contributed by atoms with van der Waals surface area (Å²) in [6.45, 7) is 2.00. The molecule has 4 heteroatoms. The first kappa shape index (κ1) is 14.3. The van der Waals surface area contributed by atoms with Crippen LogP contribution in [0.1, 0.15) is 51.4 Å². The van der Waals surface area contributed by atoms with Crippen molar-refractivity contribution in [2.45, 2.75) is 69.5 Å². The molecule has 2 N–H and O–H groups in total. The maximum absolute atomic E-state index is 12.3. The summed E-state index contributed by atoms with van der Waals surface area (Å²) in [5.41, 5.74) is 0. The number of likely N-dealkylation sites (N-methyl/N-ethyl adjacent to an activating group) is 1. The van der Waals surface area contributed by atoms with Crippen molar-refractivity contribution in [3.05, 3.63) is 0 Å². The van der Waals surface area contributed by atoms with Crippen LogP contribution >= 0.6 is 0 Å². The molecule has 2 heterocycles. The molecule has 3 aliphatic rings. The average molecular weight is 279 g/mol. The number of piperidine rings is 1. The Balaban J connectivity index is 1.45. The van der Waals surface area contributed by atoms with Crippen molar-refractivity contribution >= 4 is 5.91 Å². The second kappa shape index (κ2) is 6.44. The van der Waals surface area contributed by atoms with Crippen LogP contribution in [0.5, 0.6) is 0 Å². The number of carbonyl (C=O) groups is 1. The molecule has 0 radical (unpaired) electrons. The molecule has 20 heavy (non-hydrogen) atoms. The van der Waals surface area contributed by atoms with E-state index < -0.39 is 0 Å². The highest BCUT2D eigenvalue weighted by molar-refractivity contribution is 5.82. The smallest absolute Gasteiger partial charge is 0.237 e. The van der Waals surface area contributed by atoms with Crippen molar-refractivity contribution in [3.8, 4) is 0 Å². The van der Waals surface area contributed by atoms with E-state index in [2.05, 4.69) is 22.6 Å². The number of amides is 1. The molecule has 4 unspecified atom stereocenters. The second-order valence-corrected chi connectivity index (χ2v) is 6.98. The van der Waals surface area contributed by atoms with E-state index in [1.165, 1.54) is 51.5 Å². The molecule has 114 valence electrons. The Hall–Kier alpha value is -0.610. The first-order valence-electron chi connectivity index (χ1n) is 8.48. The zero-order valence-corrected chi connectivity index (χ0v) is 12.7. The lowest BCUT2D eigenvalue weighted by Gasteiger charge is -2.32. The first-order valence-corrected chi connectivity index (χ1v) is 8.48. The maximum atomic E-state index is 12.3. The molecular weight excluding hydrogens is 250 g/mol. The highest BCUT2D eigenvalue weighted by Gasteiger charge is 2.38. The minimum absolute atomic E-state index is 0.0667. The van der Waals surface area contributed by atoms with Crippen molar-refractivity contribution < 1.29 is 4.79 Å². The maximum Gasteiger partial charge on any atom is 0.237 e. The highest BCUT2D eigenvalue weighted by atomic mass is 16.2. The molecule has 3 fully saturated rings. The molecule has 2 saturated heterocycles. The van der Waals surface area contributed by atoms with E-state index in [1.807, 2.05) is 0 Å². The summed E-state index contributed by atoms with van der Waals surface area (Å²) >= 11 is 0. The summed E-state index contributed by atoms with van der Waals surface area (Å²) in [6, 6.07) is 1.21. The lowest BCUT2D eigenvalue weighted by molar-refractivity contribution is -0.123. The van der Waals surface area contributed by atoms with E-state index in [-0.39, 0.29) is 11.9 Å². The second-order valence-electron chi connectivity index (χ2n) is 6.98. The van der Waals surface area contributed by atoms with Gasteiger partial charge in [0.2, 0.25) is 5.91 Å². The van der Waals surface area contributed by atoms with Gasteiger partial charge in [0.05, 0.1) is 6.04 Å². The lowest BCUT2D eigenvalue weighted by Crippen LogP contribution is -2.49. The molecule has 0 bridgehead atoms. The van der Waals surface area contributed by atoms with Crippen LogP contribution in [0.2, 0.25) is 0 Å². The van der Waals surface area contributed by atoms with Gasteiger partial charge in [-0.15, -0.1) is 0 Å². The largest absolute Gasteiger partial charge is 0.353 e. The van der Waals surface area contributed by atoms with Crippen LogP contribution in [-0.2, 0) is 4.79 Å². The molecule has 1 saturated carbocycles. The molecule has 4 atom stereocenters. The van der Waals surface area contributed by atoms with Gasteiger partial charge in [-0.05, 0) is 51.6 Å². The fraction of sp³-hybridized carbons (Fsp3) is 0.938. The van der Waals surface area contributed by atoms with Crippen LogP contribution in [0.15, 0.2) is 0 Å². The number of rotatable bonds is 3. The van der Waals surface area contributed by atoms with Crippen LogP contribution < -0.4 is 10.6 Å². The van der Waals surface area contributed by atoms with Gasteiger partial charge < -0.3 is 15.5 Å². The molecule has 4 nitrogen and oxygen atoms in total. The van der Waals surface area contributed by atoms with Crippen LogP contribution in [0.4, 0.5) is 0 Å². The molecule has 0 aromatic heterocycles. The number of nitrogens with zero attached hydrogens (tertiary/aromatic N) is 1. The first-order chi connectivity index (χ1) is 9.74. The van der Waals surface area contributed by atoms with Gasteiger partial charge >= 0.3 is 0 Å². The standard InChI is InChI=1S/C16H29N3O/c1-19-9-5-4-7-13(19)11-17-16(20)15-10-12-6-2-3-8-14(12)18-15/h12-15,18H,2-11H2,1H3,(H,17,20). The van der Waals surface area contributed by atoms with E-state index >= 15 is 0 Å². The van der Waals surface area contributed by atoms with Gasteiger partial charge in [-0.3, -0.25) is 4.79 Å². The average Bonchev–Trinajstić information content (AvgIpc) is 2.90. The highest BCUT2D eigenvalue weighted by Crippen LogP contribution is 2.33. The predicted octanol–water partition coefficient (Wildman–Crippen LogP) is 1.51. The molecule has 2 aliphatic heterocycles. The van der Waals surface area contributed by atoms with Gasteiger partial charge in [0.1, 0.15) is 0 Å². The van der Waals surface area contributed by atoms with E-state index in [1.54, 1.807) is 0 Å². The summed E-state index contributed by atoms with van der Waals surface area (Å²) in [5, 5.41) is 6.76. The van der Waals surface area contributed by atoms with E-state index in [9.17, 15) is 4.79 Å². The van der Waals surface area contributed by atoms with Gasteiger partial charge in [0, 0.05) is 18.6 Å². The molecule has 1 aliphatic carbocycles. The van der Waals surface area contributed by atoms with Gasteiger partial charge in [-0.2, -0.15) is 0 Å². The summed E-state index contributed by atoms with van der Waals surface area (Å²) in [4.78, 5) is 14.7. The molecule has 1 amide bonds. The van der Waals surface area contributed by atoms with Gasteiger partial charge in [-0.25, -0.2) is 0 Å². The molecule has 0 aromatic carbocycles. The minimum atomic E-state index is 0.0667. The summed E-state index contributed by atoms with van der Waals surface area (Å²) in [7, 11) is 2.18. The van der Waals surface area contributed by atoms with Crippen molar-refractivity contribution in [2.24, 2.45) is 5.92 Å². The Morgan fingerprint density at radius 3 is 2.80 bits per heavy atom. The number of nitrogens with one attached hydrogen (secondary N) is 2. The summed E-state index contributed by atoms with van der Waals surface area (Å²) in [6.07, 6.45) is 10.1. The monoisotopic (exact) mass is 279 g/mol. The van der Waals surface area contributed by atoms with Crippen LogP contribution in [0.25, 0.3) is 0 Å². The number of carbonyl (C=O) groups excluding carboxylic acids is 1. The van der Waals surface area contributed by atoms with Gasteiger partial charge in [0.25, 0.3) is 0 Å². The minimum Gasteiger partial charge on any atom is -0.353 e. The van der Waals surface area contributed by atoms with E-state index in [0.29, 0.717) is 12.1 Å². The normalized spacial score (nSPS) is 38.5. The summed E-state index contributed by atoms with van der Waals surface area (Å²) < 4.78 is 0. The Kier molecular flexibility index (Phi) is 4.61. The molecule has 3 rings (SSSR count). The number of hydrogen-bond acceptors (Lipinski definition) is 3. The van der Waals surface area contributed by atoms with Crippen LogP contribution in [0.3, 0.4) is 0 Å². The SMILES string of the molecule is CN1CCCCC1CNC(=O)C1CC2CCCCC2N1. The van der Waals surface area contributed by atoms with Crippen molar-refractivity contribution in [2.75, 3.05) is 20.1 Å². The van der Waals surface area contributed by atoms with Crippen molar-refractivity contribution in [1.82, 2.24) is 15.5 Å². The van der Waals surface area contributed by atoms with Gasteiger partial charge in [-0.1, -0.05) is 19.3 Å². The number of hydrogen-bond donors (Lipinski definition) is 2. The number of fused-ring (bicyclic) bond motifs is 1. The predicted molar refractivity (Wildman–Crippen MR) is 80.6 cm³/mol. The number of likely N-dealkylation sites (tertiary alicyclic amines) is 1. The topological polar surface area (TPSA) is 44.4 Å². The molecular formula is C16H29N3O. The van der Waals surface area contributed by atoms with Crippen molar-refractivity contribution in [1.29, 1.82) is 0 Å². The van der Waals surface area contributed by atoms with Crippen LogP contribution in [0, 0.1) is 5.92 Å². The van der Waals surface area contributed by atoms with Gasteiger partial charge in [0.15, 0.2) is 0 Å². The molecule has 0 spiro atoms. The molecule has 0 aromatic rings. The third-order valence-electron chi connectivity index (χ3n) is 5.61. The third-order valence-corrected chi connectivity index (χ3v) is 5.61. The van der Waals surface area contributed by atoms with Crippen molar-refractivity contribution in [3.63, 3.8) is 0 Å². The Bertz CT molecular complexity index is 333. The zero-order valence-electron chi connectivity index (χ0n) is 12.7. The Labute approximate surface area is 122 Å². The van der Waals surface area contributed by atoms with E-state index in [0.717, 1.165) is 18.9 Å². The fourth-order valence-corrected chi connectivity index (χ4v) is 4.26. The zero-order chi connectivity index (χ0) is 13.9. The Morgan fingerprint density at radius 2 is 2.00 bits per heavy atom. The third kappa shape index (κ3) is 3.17. The quantitative estimate of drug-likeness (QED) is 0.823.